The quantitative estimate of drug-likeness (QED) is 0.907. The minimum atomic E-state index is -0.269. The van der Waals surface area contributed by atoms with E-state index in [0.717, 1.165) is 39.3 Å². The van der Waals surface area contributed by atoms with Gasteiger partial charge in [0.2, 0.25) is 0 Å². The lowest BCUT2D eigenvalue weighted by atomic mass is 10.2. The second kappa shape index (κ2) is 7.05. The number of aromatic hydroxyl groups is 1. The Bertz CT molecular complexity index is 773. The van der Waals surface area contributed by atoms with Crippen LogP contribution in [0.25, 0.3) is 10.9 Å². The number of phenolic OH excluding ortho intramolecular Hbond substituents is 1. The van der Waals surface area contributed by atoms with E-state index in [1.165, 1.54) is 17.0 Å². The molecule has 0 atom stereocenters. The zero-order valence-electron chi connectivity index (χ0n) is 12.5. The maximum atomic E-state index is 12.5. The monoisotopic (exact) mass is 357 g/mol. The zero-order valence-corrected chi connectivity index (χ0v) is 14.0. The number of aryl methyl sites for hydroxylation is 1. The summed E-state index contributed by atoms with van der Waals surface area (Å²) in [6.07, 6.45) is 2.25. The van der Waals surface area contributed by atoms with Crippen LogP contribution in [-0.4, -0.2) is 52.4 Å². The van der Waals surface area contributed by atoms with Gasteiger partial charge >= 0.3 is 0 Å². The van der Waals surface area contributed by atoms with Gasteiger partial charge in [-0.3, -0.25) is 14.3 Å². The van der Waals surface area contributed by atoms with E-state index < -0.39 is 0 Å². The summed E-state index contributed by atoms with van der Waals surface area (Å²) >= 11 is 12.0. The Balaban J connectivity index is 1.79. The van der Waals surface area contributed by atoms with Gasteiger partial charge in [-0.2, -0.15) is 0 Å². The zero-order chi connectivity index (χ0) is 16.4. The number of benzene rings is 1. The molecule has 1 N–H and O–H groups in total. The molecule has 1 fully saturated rings. The molecule has 3 rings (SSSR count). The van der Waals surface area contributed by atoms with Crippen molar-refractivity contribution in [3.8, 4) is 5.75 Å². The Morgan fingerprint density at radius 1 is 1.22 bits per heavy atom. The standard InChI is InChI=1S/C15H17Cl2N3O3/c16-10-8-11(17)14(21)13-12(10)15(22)20(9-18-13)3-1-2-19-4-6-23-7-5-19/h8-9,21H,1-7H2. The highest BCUT2D eigenvalue weighted by Gasteiger charge is 2.15. The van der Waals surface area contributed by atoms with Crippen LogP contribution < -0.4 is 5.56 Å². The van der Waals surface area contributed by atoms with Crippen molar-refractivity contribution in [2.24, 2.45) is 0 Å². The number of phenols is 1. The molecule has 2 aromatic rings. The lowest BCUT2D eigenvalue weighted by Crippen LogP contribution is -2.37. The van der Waals surface area contributed by atoms with E-state index in [0.29, 0.717) is 6.54 Å². The van der Waals surface area contributed by atoms with E-state index in [1.807, 2.05) is 0 Å². The lowest BCUT2D eigenvalue weighted by Gasteiger charge is -2.26. The molecule has 0 unspecified atom stereocenters. The van der Waals surface area contributed by atoms with Gasteiger partial charge in [0.25, 0.3) is 5.56 Å². The maximum absolute atomic E-state index is 12.5. The van der Waals surface area contributed by atoms with E-state index in [-0.39, 0.29) is 32.3 Å². The van der Waals surface area contributed by atoms with Crippen molar-refractivity contribution in [1.29, 1.82) is 0 Å². The average Bonchev–Trinajstić information content (AvgIpc) is 2.55. The third-order valence-electron chi connectivity index (χ3n) is 3.96. The third-order valence-corrected chi connectivity index (χ3v) is 4.54. The molecule has 1 saturated heterocycles. The summed E-state index contributed by atoms with van der Waals surface area (Å²) in [5.41, 5.74) is -0.133. The van der Waals surface area contributed by atoms with Crippen LogP contribution in [0.3, 0.4) is 0 Å². The predicted octanol–water partition coefficient (Wildman–Crippen LogP) is 2.13. The highest BCUT2D eigenvalue weighted by molar-refractivity contribution is 6.39. The van der Waals surface area contributed by atoms with Crippen LogP contribution in [0.4, 0.5) is 0 Å². The minimum absolute atomic E-state index is 0.0828. The van der Waals surface area contributed by atoms with Gasteiger partial charge in [-0.1, -0.05) is 23.2 Å². The van der Waals surface area contributed by atoms with Crippen LogP contribution in [0.2, 0.25) is 10.0 Å². The van der Waals surface area contributed by atoms with E-state index in [9.17, 15) is 9.90 Å². The number of hydrogen-bond donors (Lipinski definition) is 1. The van der Waals surface area contributed by atoms with E-state index >= 15 is 0 Å². The van der Waals surface area contributed by atoms with Crippen molar-refractivity contribution < 1.29 is 9.84 Å². The van der Waals surface area contributed by atoms with Gasteiger partial charge < -0.3 is 9.84 Å². The van der Waals surface area contributed by atoms with Crippen molar-refractivity contribution in [3.63, 3.8) is 0 Å². The maximum Gasteiger partial charge on any atom is 0.262 e. The smallest absolute Gasteiger partial charge is 0.262 e. The fourth-order valence-corrected chi connectivity index (χ4v) is 3.23. The van der Waals surface area contributed by atoms with Gasteiger partial charge in [-0.05, 0) is 12.5 Å². The summed E-state index contributed by atoms with van der Waals surface area (Å²) in [5.74, 6) is -0.219. The Morgan fingerprint density at radius 2 is 1.96 bits per heavy atom. The van der Waals surface area contributed by atoms with Crippen LogP contribution >= 0.6 is 23.2 Å². The molecule has 0 radical (unpaired) electrons. The van der Waals surface area contributed by atoms with Gasteiger partial charge in [0, 0.05) is 26.2 Å². The molecule has 8 heteroatoms. The van der Waals surface area contributed by atoms with Crippen molar-refractivity contribution in [2.75, 3.05) is 32.8 Å². The first kappa shape index (κ1) is 16.5. The number of hydrogen-bond acceptors (Lipinski definition) is 5. The molecule has 0 bridgehead atoms. The highest BCUT2D eigenvalue weighted by atomic mass is 35.5. The number of nitrogens with zero attached hydrogens (tertiary/aromatic N) is 3. The van der Waals surface area contributed by atoms with Gasteiger partial charge in [-0.15, -0.1) is 0 Å². The normalized spacial score (nSPS) is 16.1. The minimum Gasteiger partial charge on any atom is -0.504 e. The van der Waals surface area contributed by atoms with Gasteiger partial charge in [0.1, 0.15) is 5.52 Å². The van der Waals surface area contributed by atoms with Crippen molar-refractivity contribution in [1.82, 2.24) is 14.5 Å². The largest absolute Gasteiger partial charge is 0.504 e. The van der Waals surface area contributed by atoms with Crippen molar-refractivity contribution in [2.45, 2.75) is 13.0 Å². The fraction of sp³-hybridized carbons (Fsp3) is 0.467. The summed E-state index contributed by atoms with van der Waals surface area (Å²) in [5, 5.41) is 10.4. The van der Waals surface area contributed by atoms with Crippen molar-refractivity contribution >= 4 is 34.1 Å². The van der Waals surface area contributed by atoms with Crippen LogP contribution in [-0.2, 0) is 11.3 Å². The molecular formula is C15H17Cl2N3O3. The lowest BCUT2D eigenvalue weighted by molar-refractivity contribution is 0.0369. The fourth-order valence-electron chi connectivity index (χ4n) is 2.70. The molecule has 1 aliphatic rings. The van der Waals surface area contributed by atoms with Crippen LogP contribution in [0.5, 0.6) is 5.75 Å². The molecule has 6 nitrogen and oxygen atoms in total. The molecule has 2 heterocycles. The number of halogens is 2. The first-order valence-corrected chi connectivity index (χ1v) is 8.19. The molecular weight excluding hydrogens is 341 g/mol. The molecule has 0 aliphatic carbocycles. The average molecular weight is 358 g/mol. The molecule has 124 valence electrons. The first-order chi connectivity index (χ1) is 11.1. The molecule has 0 saturated carbocycles. The van der Waals surface area contributed by atoms with Gasteiger partial charge in [0.05, 0.1) is 35.0 Å². The summed E-state index contributed by atoms with van der Waals surface area (Å²) in [4.78, 5) is 19.0. The Hall–Kier alpha value is -1.34. The molecule has 1 aromatic heterocycles. The second-order valence-electron chi connectivity index (χ2n) is 5.46. The van der Waals surface area contributed by atoms with E-state index in [1.54, 1.807) is 0 Å². The van der Waals surface area contributed by atoms with Gasteiger partial charge in [0.15, 0.2) is 5.75 Å². The number of rotatable bonds is 4. The molecule has 1 aliphatic heterocycles. The van der Waals surface area contributed by atoms with Crippen LogP contribution in [0.1, 0.15) is 6.42 Å². The SMILES string of the molecule is O=c1c2c(Cl)cc(Cl)c(O)c2ncn1CCCN1CCOCC1. The molecule has 0 amide bonds. The number of morpholine rings is 1. The first-order valence-electron chi connectivity index (χ1n) is 7.44. The number of fused-ring (bicyclic) bond motifs is 1. The summed E-state index contributed by atoms with van der Waals surface area (Å²) in [6, 6.07) is 1.36. The number of ether oxygens (including phenoxy) is 1. The van der Waals surface area contributed by atoms with Gasteiger partial charge in [-0.25, -0.2) is 4.98 Å². The highest BCUT2D eigenvalue weighted by Crippen LogP contribution is 2.34. The molecule has 23 heavy (non-hydrogen) atoms. The summed E-state index contributed by atoms with van der Waals surface area (Å²) in [6.45, 7) is 4.79. The Morgan fingerprint density at radius 3 is 2.70 bits per heavy atom. The van der Waals surface area contributed by atoms with E-state index in [4.69, 9.17) is 27.9 Å². The molecule has 1 aromatic carbocycles. The Kier molecular flexibility index (Phi) is 5.06. The number of aromatic nitrogens is 2. The molecule has 0 spiro atoms. The van der Waals surface area contributed by atoms with E-state index in [2.05, 4.69) is 9.88 Å². The van der Waals surface area contributed by atoms with Crippen molar-refractivity contribution in [3.05, 3.63) is 32.8 Å². The predicted molar refractivity (Wildman–Crippen MR) is 89.6 cm³/mol. The van der Waals surface area contributed by atoms with Crippen LogP contribution in [0.15, 0.2) is 17.2 Å². The summed E-state index contributed by atoms with van der Waals surface area (Å²) in [7, 11) is 0. The van der Waals surface area contributed by atoms with Crippen LogP contribution in [0, 0.1) is 0 Å². The topological polar surface area (TPSA) is 67.6 Å². The summed E-state index contributed by atoms with van der Waals surface area (Å²) < 4.78 is 6.83. The Labute approximate surface area is 143 Å². The third kappa shape index (κ3) is 3.45. The second-order valence-corrected chi connectivity index (χ2v) is 6.28.